The average molecular weight is 1730 g/mol. The van der Waals surface area contributed by atoms with Crippen molar-refractivity contribution in [1.29, 1.82) is 5.26 Å². The van der Waals surface area contributed by atoms with Gasteiger partial charge in [0.25, 0.3) is 5.69 Å². The molecule has 36 nitrogen and oxygen atoms in total. The molecule has 5 unspecified atom stereocenters. The summed E-state index contributed by atoms with van der Waals surface area (Å²) in [5, 5.41) is 46.1. The van der Waals surface area contributed by atoms with Gasteiger partial charge in [-0.05, 0) is 218 Å². The lowest BCUT2D eigenvalue weighted by Crippen LogP contribution is -2.20. The van der Waals surface area contributed by atoms with Crippen LogP contribution in [0.3, 0.4) is 0 Å². The molecule has 0 fully saturated rings. The number of hydrogen-bond donors (Lipinski definition) is 15. The largest absolute Gasteiger partial charge is 0.755 e. The first-order chi connectivity index (χ1) is 58.2. The molecule has 0 heterocycles. The first-order valence-electron chi connectivity index (χ1n) is 34.8. The molecule has 12 aromatic rings. The van der Waals surface area contributed by atoms with Crippen LogP contribution in [-0.4, -0.2) is 86.0 Å². The highest BCUT2D eigenvalue weighted by Gasteiger charge is 2.14. The van der Waals surface area contributed by atoms with Crippen molar-refractivity contribution in [1.82, 2.24) is 0 Å². The fourth-order valence-electron chi connectivity index (χ4n) is 10.0. The van der Waals surface area contributed by atoms with Crippen molar-refractivity contribution in [2.24, 2.45) is 0 Å². The molecule has 624 valence electrons. The Morgan fingerprint density at radius 3 is 1.00 bits per heavy atom. The van der Waals surface area contributed by atoms with Gasteiger partial charge in [-0.2, -0.15) is 5.26 Å². The van der Waals surface area contributed by atoms with E-state index in [1.807, 2.05) is 104 Å². The van der Waals surface area contributed by atoms with Crippen LogP contribution in [0.15, 0.2) is 297 Å². The van der Waals surface area contributed by atoms with E-state index in [4.69, 9.17) is 14.7 Å². The third-order valence-electron chi connectivity index (χ3n) is 15.4. The first kappa shape index (κ1) is 91.6. The Kier molecular flexibility index (Phi) is 36.2. The maximum atomic E-state index is 12.3. The lowest BCUT2D eigenvalue weighted by molar-refractivity contribution is -0.384. The molecule has 0 aliphatic rings. The number of hydrogen-bond acceptors (Lipinski definition) is 20. The van der Waals surface area contributed by atoms with Crippen molar-refractivity contribution in [2.45, 2.75) is 6.92 Å². The number of rotatable bonds is 25. The molecule has 41 heteroatoms. The Labute approximate surface area is 704 Å². The predicted molar refractivity (Wildman–Crippen MR) is 465 cm³/mol. The summed E-state index contributed by atoms with van der Waals surface area (Å²) in [4.78, 5) is 70.1. The van der Waals surface area contributed by atoms with Gasteiger partial charge < -0.3 is 109 Å². The smallest absolute Gasteiger partial charge is 0.323 e. The number of carbonyl (C=O) groups is 5. The molecule has 0 saturated carbocycles. The number of non-ortho nitro benzene ring substituents is 1. The predicted octanol–water partition coefficient (Wildman–Crippen LogP) is 16.2. The molecular weight excluding hydrogens is 1660 g/mol. The Morgan fingerprint density at radius 1 is 0.322 bits per heavy atom. The number of ether oxygens (including phenoxy) is 2. The zero-order valence-corrected chi connectivity index (χ0v) is 67.1. The number of nitro benzene ring substituents is 1. The maximum absolute atomic E-state index is 12.3. The second kappa shape index (κ2) is 47.9. The summed E-state index contributed by atoms with van der Waals surface area (Å²) in [6.07, 6.45) is 0. The quantitative estimate of drug-likeness (QED) is 0.0144. The summed E-state index contributed by atoms with van der Waals surface area (Å²) in [6.45, 7) is 1.86. The number of nitro groups is 1. The number of amides is 10. The lowest BCUT2D eigenvalue weighted by Gasteiger charge is -2.13. The summed E-state index contributed by atoms with van der Waals surface area (Å²) in [5.74, 6) is 2.10. The van der Waals surface area contributed by atoms with Crippen LogP contribution in [-0.2, 0) is 56.3 Å². The van der Waals surface area contributed by atoms with Gasteiger partial charge in [-0.3, -0.25) is 31.2 Å². The van der Waals surface area contributed by atoms with Gasteiger partial charge in [0.1, 0.15) is 23.3 Å². The number of methoxy groups -OCH3 is 1. The number of urea groups is 5. The van der Waals surface area contributed by atoms with Crippen molar-refractivity contribution in [2.75, 3.05) is 83.9 Å². The van der Waals surface area contributed by atoms with Gasteiger partial charge in [0.15, 0.2) is 0 Å². The fraction of sp³-hybridized carbons (Fsp3) is 0.0250. The fourth-order valence-corrected chi connectivity index (χ4v) is 11.7. The minimum Gasteiger partial charge on any atom is -0.755 e. The van der Waals surface area contributed by atoms with E-state index in [0.29, 0.717) is 96.7 Å². The van der Waals surface area contributed by atoms with Crippen LogP contribution in [0, 0.1) is 28.4 Å². The summed E-state index contributed by atoms with van der Waals surface area (Å²) in [7, 11) is 1.58. The standard InChI is InChI=1S/C19H17N3O4S.C19H17N3O3S.C15H17N3O4S.C14H12N4O3S.C13H12N4O5S/c23-19(20-14-6-8-16(9-7-14)22-27(24)25)21-15-10-12-18(13-11-15)26-17-4-2-1-3-5-17;23-19(20-15-10-12-16(13-11-15)22-26(24)25)21-18-9-5-4-8-17(18)14-6-2-1-3-7-14;1-10-9-13(22-2)7-8-14(10)17-15(19)16-11-3-5-12(6-4-11)18-23(20)21;15-9-10-3-1-2-4-13(10)17-14(19)16-11-5-7-12(8-6-11)18-22(20)21;18-13(15-11-2-1-3-12(8-11)17(19)20)14-9-4-6-10(7-5-9)16-23(21)22/h1-13,22H,(H,24,25)(H2,20,21,23);1-13,22H,(H,24,25)(H2,20,21,23);3-9,18H,1-2H3,(H,20,21)(H2,16,17,19);1-8,18H,(H,20,21)(H2,16,17,19);1-8,16H,(H,21,22)(H2,14,15,18)/p-5. The van der Waals surface area contributed by atoms with E-state index < -0.39 is 85.4 Å². The van der Waals surface area contributed by atoms with Crippen LogP contribution in [0.25, 0.3) is 11.1 Å². The van der Waals surface area contributed by atoms with E-state index in [9.17, 15) is 77.9 Å². The zero-order valence-electron chi connectivity index (χ0n) is 63.0. The van der Waals surface area contributed by atoms with E-state index in [1.54, 1.807) is 153 Å². The highest BCUT2D eigenvalue weighted by Crippen LogP contribution is 2.30. The molecule has 121 heavy (non-hydrogen) atoms. The van der Waals surface area contributed by atoms with Crippen molar-refractivity contribution >= 4 is 177 Å². The van der Waals surface area contributed by atoms with Gasteiger partial charge >= 0.3 is 30.2 Å². The number of nitriles is 1. The third-order valence-corrected chi connectivity index (χ3v) is 17.4. The normalized spacial score (nSPS) is 11.3. The van der Waals surface area contributed by atoms with Crippen LogP contribution >= 0.6 is 0 Å². The van der Waals surface area contributed by atoms with Crippen LogP contribution in [0.2, 0.25) is 0 Å². The molecular formula is C80H70N17O19S5-5. The molecule has 10 amide bonds. The van der Waals surface area contributed by atoms with Crippen molar-refractivity contribution < 1.29 is 82.2 Å². The summed E-state index contributed by atoms with van der Waals surface area (Å²) in [6, 6.07) is 81.8. The van der Waals surface area contributed by atoms with Gasteiger partial charge in [-0.15, -0.1) is 0 Å². The van der Waals surface area contributed by atoms with Crippen LogP contribution in [0.4, 0.5) is 115 Å². The molecule has 12 aromatic carbocycles. The van der Waals surface area contributed by atoms with E-state index in [-0.39, 0.29) is 17.4 Å². The monoisotopic (exact) mass is 1730 g/mol. The summed E-state index contributed by atoms with van der Waals surface area (Å²) in [5.41, 5.74) is 10.1. The second-order valence-electron chi connectivity index (χ2n) is 24.0. The molecule has 0 aliphatic carbocycles. The molecule has 0 radical (unpaired) electrons. The van der Waals surface area contributed by atoms with Crippen LogP contribution in [0.5, 0.6) is 17.2 Å². The summed E-state index contributed by atoms with van der Waals surface area (Å²) < 4.78 is 127. The van der Waals surface area contributed by atoms with Gasteiger partial charge in [-0.25, -0.2) is 24.0 Å². The molecule has 12 rings (SSSR count). The van der Waals surface area contributed by atoms with E-state index in [1.165, 1.54) is 60.7 Å². The number of para-hydroxylation sites is 3. The Balaban J connectivity index is 0.000000188. The highest BCUT2D eigenvalue weighted by molar-refractivity contribution is 7.81. The molecule has 0 spiro atoms. The molecule has 0 aliphatic heterocycles. The van der Waals surface area contributed by atoms with Crippen molar-refractivity contribution in [3.05, 3.63) is 318 Å². The topological polar surface area (TPSA) is 552 Å². The number of aryl methyl sites for hydroxylation is 1. The van der Waals surface area contributed by atoms with E-state index >= 15 is 0 Å². The van der Waals surface area contributed by atoms with Gasteiger partial charge in [0, 0.05) is 148 Å². The average Bonchev–Trinajstić information content (AvgIpc) is 0.838. The number of carbonyl (C=O) groups excluding carboxylic acids is 5. The Morgan fingerprint density at radius 2 is 0.628 bits per heavy atom. The first-order valence-corrected chi connectivity index (χ1v) is 40.1. The highest BCUT2D eigenvalue weighted by atomic mass is 32.2. The number of nitrogens with one attached hydrogen (secondary N) is 15. The van der Waals surface area contributed by atoms with Gasteiger partial charge in [-0.1, -0.05) is 84.9 Å². The third kappa shape index (κ3) is 33.6. The van der Waals surface area contributed by atoms with E-state index in [0.717, 1.165) is 22.4 Å². The summed E-state index contributed by atoms with van der Waals surface area (Å²) >= 11 is -12.0. The van der Waals surface area contributed by atoms with Crippen molar-refractivity contribution in [3.63, 3.8) is 0 Å². The minimum absolute atomic E-state index is 0.135. The zero-order chi connectivity index (χ0) is 87.0. The lowest BCUT2D eigenvalue weighted by atomic mass is 10.0. The number of anilines is 15. The van der Waals surface area contributed by atoms with Gasteiger partial charge in [0.2, 0.25) is 0 Å². The SMILES string of the molecule is COc1ccc(NC(=O)Nc2ccc(NS(=O)[O-])cc2)c(C)c1.N#Cc1ccccc1NC(=O)Nc1ccc(NS(=O)[O-])cc1.O=C(Nc1ccc(NS(=O)[O-])cc1)Nc1ccc(Oc2ccccc2)cc1.O=C(Nc1ccc(NS(=O)[O-])cc1)Nc1cccc([N+](=O)[O-])c1.O=C(Nc1ccc(NS(=O)[O-])cc1)Nc1ccccc1-c1ccccc1. The van der Waals surface area contributed by atoms with Crippen LogP contribution in [0.1, 0.15) is 11.1 Å². The number of benzene rings is 12. The van der Waals surface area contributed by atoms with Gasteiger partial charge in [0.05, 0.1) is 29.0 Å². The Hall–Kier alpha value is -15.0. The molecule has 15 N–H and O–H groups in total. The molecule has 0 bridgehead atoms. The minimum atomic E-state index is -2.42. The van der Waals surface area contributed by atoms with Crippen LogP contribution < -0.4 is 86.3 Å². The number of nitrogens with zero attached hydrogens (tertiary/aromatic N) is 2. The van der Waals surface area contributed by atoms with Crippen molar-refractivity contribution in [3.8, 4) is 34.4 Å². The molecule has 5 atom stereocenters. The Bertz CT molecular complexity index is 5650. The second-order valence-corrected chi connectivity index (χ2v) is 27.3. The van der Waals surface area contributed by atoms with E-state index in [2.05, 4.69) is 76.8 Å². The molecule has 0 aromatic heterocycles. The molecule has 0 saturated heterocycles. The maximum Gasteiger partial charge on any atom is 0.323 e.